The molecule has 254 valence electrons. The Labute approximate surface area is 309 Å². The molecule has 0 aliphatic rings. The molecule has 0 aromatic heterocycles. The molecule has 0 bridgehead atoms. The van der Waals surface area contributed by atoms with E-state index in [1.54, 1.807) is 0 Å². The summed E-state index contributed by atoms with van der Waals surface area (Å²) in [4.78, 5) is 4.59. The molecule has 8 aromatic carbocycles. The predicted octanol–water partition coefficient (Wildman–Crippen LogP) is 14.3. The molecule has 0 amide bonds. The summed E-state index contributed by atoms with van der Waals surface area (Å²) in [5, 5.41) is 0. The quantitative estimate of drug-likeness (QED) is 0.166. The Hall–Kier alpha value is -6.64. The fourth-order valence-corrected chi connectivity index (χ4v) is 5.81. The lowest BCUT2D eigenvalue weighted by atomic mass is 10.0. The number of hydrogen-bond donors (Lipinski definition) is 0. The standard InChI is InChI=1S/C38H32N2.2C6H6/c1-29-13-21-35(22-14-29)39(33-9-5-3-6-10-33)37-25-17-31(18-26-37)32-19-27-38(28-20-32)40(34-11-7-4-8-12-34)36-23-15-30(2)16-24-36;2*1-2-4-6-5-3-1/h3-28H,1-2H3;2*1-6H. The molecule has 0 saturated heterocycles. The normalized spacial score (nSPS) is 10.1. The number of aryl methyl sites for hydroxylation is 2. The van der Waals surface area contributed by atoms with Crippen molar-refractivity contribution in [2.75, 3.05) is 9.80 Å². The molecule has 8 aromatic rings. The summed E-state index contributed by atoms with van der Waals surface area (Å²) in [6.07, 6.45) is 0. The van der Waals surface area contributed by atoms with Crippen molar-refractivity contribution in [1.82, 2.24) is 0 Å². The van der Waals surface area contributed by atoms with Gasteiger partial charge >= 0.3 is 0 Å². The van der Waals surface area contributed by atoms with Gasteiger partial charge in [0.15, 0.2) is 0 Å². The highest BCUT2D eigenvalue weighted by Crippen LogP contribution is 2.38. The van der Waals surface area contributed by atoms with Gasteiger partial charge in [-0.1, -0.05) is 169 Å². The van der Waals surface area contributed by atoms with Crippen molar-refractivity contribution in [2.24, 2.45) is 0 Å². The average Bonchev–Trinajstić information content (AvgIpc) is 3.23. The van der Waals surface area contributed by atoms with E-state index in [4.69, 9.17) is 0 Å². The molecule has 2 heteroatoms. The summed E-state index contributed by atoms with van der Waals surface area (Å²) in [6, 6.07) is 80.1. The molecule has 0 spiro atoms. The van der Waals surface area contributed by atoms with Gasteiger partial charge in [-0.2, -0.15) is 0 Å². The molecule has 0 aliphatic carbocycles. The Balaban J connectivity index is 0.000000327. The maximum atomic E-state index is 2.30. The number of anilines is 6. The van der Waals surface area contributed by atoms with Crippen LogP contribution in [0.4, 0.5) is 34.1 Å². The molecule has 0 heterocycles. The highest BCUT2D eigenvalue weighted by molar-refractivity contribution is 5.80. The van der Waals surface area contributed by atoms with Crippen LogP contribution >= 0.6 is 0 Å². The van der Waals surface area contributed by atoms with E-state index in [-0.39, 0.29) is 0 Å². The van der Waals surface area contributed by atoms with Gasteiger partial charge in [0.1, 0.15) is 0 Å². The van der Waals surface area contributed by atoms with Crippen molar-refractivity contribution in [3.63, 3.8) is 0 Å². The van der Waals surface area contributed by atoms with E-state index >= 15 is 0 Å². The minimum absolute atomic E-state index is 1.13. The molecule has 0 aliphatic heterocycles. The van der Waals surface area contributed by atoms with E-state index in [9.17, 15) is 0 Å². The lowest BCUT2D eigenvalue weighted by Crippen LogP contribution is -2.10. The molecule has 8 rings (SSSR count). The van der Waals surface area contributed by atoms with Crippen LogP contribution in [0.2, 0.25) is 0 Å². The second kappa shape index (κ2) is 18.4. The van der Waals surface area contributed by atoms with Gasteiger partial charge < -0.3 is 9.80 Å². The van der Waals surface area contributed by atoms with E-state index in [0.717, 1.165) is 34.1 Å². The zero-order chi connectivity index (χ0) is 35.8. The summed E-state index contributed by atoms with van der Waals surface area (Å²) >= 11 is 0. The highest BCUT2D eigenvalue weighted by atomic mass is 15.1. The van der Waals surface area contributed by atoms with Gasteiger partial charge in [0.25, 0.3) is 0 Å². The Morgan fingerprint density at radius 1 is 0.212 bits per heavy atom. The third-order valence-electron chi connectivity index (χ3n) is 8.53. The number of para-hydroxylation sites is 2. The SMILES string of the molecule is Cc1ccc(N(c2ccccc2)c2ccc(-c3ccc(N(c4ccccc4)c4ccc(C)cc4)cc3)cc2)cc1.c1ccccc1.c1ccccc1. The van der Waals surface area contributed by atoms with Crippen LogP contribution in [0.5, 0.6) is 0 Å². The van der Waals surface area contributed by atoms with Crippen molar-refractivity contribution in [2.45, 2.75) is 13.8 Å². The van der Waals surface area contributed by atoms with Crippen LogP contribution in [0.25, 0.3) is 11.1 Å². The first-order chi connectivity index (χ1) is 25.7. The van der Waals surface area contributed by atoms with Crippen LogP contribution in [0.3, 0.4) is 0 Å². The first kappa shape index (κ1) is 35.2. The van der Waals surface area contributed by atoms with Gasteiger partial charge in [-0.15, -0.1) is 0 Å². The van der Waals surface area contributed by atoms with Crippen LogP contribution in [0.15, 0.2) is 231 Å². The van der Waals surface area contributed by atoms with Gasteiger partial charge in [-0.3, -0.25) is 0 Å². The molecular weight excluding hydrogens is 629 g/mol. The summed E-state index contributed by atoms with van der Waals surface area (Å²) in [7, 11) is 0. The first-order valence-corrected chi connectivity index (χ1v) is 17.7. The molecule has 0 atom stereocenters. The molecule has 0 unspecified atom stereocenters. The van der Waals surface area contributed by atoms with E-state index < -0.39 is 0 Å². The van der Waals surface area contributed by atoms with Crippen LogP contribution in [0.1, 0.15) is 11.1 Å². The van der Waals surface area contributed by atoms with E-state index in [1.807, 2.05) is 72.8 Å². The third-order valence-corrected chi connectivity index (χ3v) is 8.53. The van der Waals surface area contributed by atoms with Gasteiger partial charge in [0, 0.05) is 34.1 Å². The third kappa shape index (κ3) is 9.74. The number of nitrogens with zero attached hydrogens (tertiary/aromatic N) is 2. The van der Waals surface area contributed by atoms with Gasteiger partial charge in [-0.25, -0.2) is 0 Å². The Bertz CT molecular complexity index is 1930. The molecule has 0 saturated carbocycles. The minimum Gasteiger partial charge on any atom is -0.311 e. The van der Waals surface area contributed by atoms with Crippen LogP contribution in [-0.2, 0) is 0 Å². The molecule has 52 heavy (non-hydrogen) atoms. The van der Waals surface area contributed by atoms with E-state index in [2.05, 4.69) is 181 Å². The minimum atomic E-state index is 1.13. The lowest BCUT2D eigenvalue weighted by molar-refractivity contribution is 1.27. The predicted molar refractivity (Wildman–Crippen MR) is 224 cm³/mol. The maximum Gasteiger partial charge on any atom is 0.0462 e. The Morgan fingerprint density at radius 3 is 0.654 bits per heavy atom. The monoisotopic (exact) mass is 672 g/mol. The first-order valence-electron chi connectivity index (χ1n) is 17.7. The Kier molecular flexibility index (Phi) is 12.4. The number of hydrogen-bond acceptors (Lipinski definition) is 2. The molecule has 0 N–H and O–H groups in total. The van der Waals surface area contributed by atoms with E-state index in [1.165, 1.54) is 22.3 Å². The molecular formula is C50H44N2. The van der Waals surface area contributed by atoms with Crippen molar-refractivity contribution >= 4 is 34.1 Å². The topological polar surface area (TPSA) is 6.48 Å². The maximum absolute atomic E-state index is 2.30. The molecule has 0 fully saturated rings. The fraction of sp³-hybridized carbons (Fsp3) is 0.0400. The van der Waals surface area contributed by atoms with Gasteiger partial charge in [0.2, 0.25) is 0 Å². The van der Waals surface area contributed by atoms with E-state index in [0.29, 0.717) is 0 Å². The second-order valence-electron chi connectivity index (χ2n) is 12.4. The smallest absolute Gasteiger partial charge is 0.0462 e. The van der Waals surface area contributed by atoms with Crippen molar-refractivity contribution in [3.8, 4) is 11.1 Å². The van der Waals surface area contributed by atoms with Crippen molar-refractivity contribution in [3.05, 3.63) is 242 Å². The zero-order valence-corrected chi connectivity index (χ0v) is 29.8. The number of rotatable bonds is 7. The number of benzene rings is 8. The second-order valence-corrected chi connectivity index (χ2v) is 12.4. The van der Waals surface area contributed by atoms with Crippen LogP contribution in [-0.4, -0.2) is 0 Å². The van der Waals surface area contributed by atoms with Crippen molar-refractivity contribution in [1.29, 1.82) is 0 Å². The van der Waals surface area contributed by atoms with Crippen LogP contribution in [0, 0.1) is 13.8 Å². The zero-order valence-electron chi connectivity index (χ0n) is 29.8. The summed E-state index contributed by atoms with van der Waals surface area (Å²) in [5.41, 5.74) is 11.7. The molecule has 2 nitrogen and oxygen atoms in total. The van der Waals surface area contributed by atoms with Crippen molar-refractivity contribution < 1.29 is 0 Å². The summed E-state index contributed by atoms with van der Waals surface area (Å²) < 4.78 is 0. The lowest BCUT2D eigenvalue weighted by Gasteiger charge is -2.26. The molecule has 0 radical (unpaired) electrons. The van der Waals surface area contributed by atoms with Gasteiger partial charge in [0.05, 0.1) is 0 Å². The highest BCUT2D eigenvalue weighted by Gasteiger charge is 2.14. The van der Waals surface area contributed by atoms with Crippen LogP contribution < -0.4 is 9.80 Å². The Morgan fingerprint density at radius 2 is 0.404 bits per heavy atom. The largest absolute Gasteiger partial charge is 0.311 e. The fourth-order valence-electron chi connectivity index (χ4n) is 5.81. The summed E-state index contributed by atoms with van der Waals surface area (Å²) in [6.45, 7) is 4.24. The summed E-state index contributed by atoms with van der Waals surface area (Å²) in [5.74, 6) is 0. The average molecular weight is 673 g/mol. The van der Waals surface area contributed by atoms with Gasteiger partial charge in [-0.05, 0) is 97.8 Å².